The molecule has 3 N–H and O–H groups in total. The zero-order valence-corrected chi connectivity index (χ0v) is 7.85. The molecule has 2 atom stereocenters. The molecule has 0 aromatic heterocycles. The van der Waals surface area contributed by atoms with E-state index in [4.69, 9.17) is 10.8 Å². The lowest BCUT2D eigenvalue weighted by molar-refractivity contribution is -0.137. The minimum Gasteiger partial charge on any atom is -0.481 e. The summed E-state index contributed by atoms with van der Waals surface area (Å²) in [5.74, 6) is -0.241. The molecule has 0 heterocycles. The SMILES string of the molecule is Cl.NC1CCCC1CCC(=O)O. The van der Waals surface area contributed by atoms with Gasteiger partial charge in [0.2, 0.25) is 0 Å². The second kappa shape index (κ2) is 5.38. The van der Waals surface area contributed by atoms with E-state index in [1.54, 1.807) is 0 Å². The van der Waals surface area contributed by atoms with Crippen LogP contribution in [0.25, 0.3) is 0 Å². The highest BCUT2D eigenvalue weighted by atomic mass is 35.5. The highest BCUT2D eigenvalue weighted by Gasteiger charge is 2.23. The van der Waals surface area contributed by atoms with Crippen LogP contribution in [0.5, 0.6) is 0 Å². The maximum atomic E-state index is 10.2. The van der Waals surface area contributed by atoms with E-state index in [-0.39, 0.29) is 24.9 Å². The van der Waals surface area contributed by atoms with Crippen molar-refractivity contribution in [2.45, 2.75) is 38.1 Å². The van der Waals surface area contributed by atoms with Gasteiger partial charge in [0.1, 0.15) is 0 Å². The Hall–Kier alpha value is -0.280. The Kier molecular flexibility index (Phi) is 5.25. The van der Waals surface area contributed by atoms with Crippen molar-refractivity contribution >= 4 is 18.4 Å². The third-order valence-electron chi connectivity index (χ3n) is 2.45. The number of carboxylic acids is 1. The van der Waals surface area contributed by atoms with E-state index in [9.17, 15) is 4.79 Å². The lowest BCUT2D eigenvalue weighted by Gasteiger charge is -2.12. The van der Waals surface area contributed by atoms with Crippen molar-refractivity contribution in [3.8, 4) is 0 Å². The summed E-state index contributed by atoms with van der Waals surface area (Å²) >= 11 is 0. The summed E-state index contributed by atoms with van der Waals surface area (Å²) in [5, 5.41) is 8.42. The fourth-order valence-electron chi connectivity index (χ4n) is 1.73. The van der Waals surface area contributed by atoms with Crippen LogP contribution in [0.3, 0.4) is 0 Å². The second-order valence-corrected chi connectivity index (χ2v) is 3.29. The summed E-state index contributed by atoms with van der Waals surface area (Å²) in [6.07, 6.45) is 4.40. The van der Waals surface area contributed by atoms with Gasteiger partial charge in [-0.1, -0.05) is 6.42 Å². The number of hydrogen-bond donors (Lipinski definition) is 2. The Bertz CT molecular complexity index is 152. The summed E-state index contributed by atoms with van der Waals surface area (Å²) in [4.78, 5) is 10.2. The first-order chi connectivity index (χ1) is 5.20. The number of carboxylic acid groups (broad SMARTS) is 1. The number of nitrogens with two attached hydrogens (primary N) is 1. The quantitative estimate of drug-likeness (QED) is 0.712. The van der Waals surface area contributed by atoms with Gasteiger partial charge in [0, 0.05) is 12.5 Å². The van der Waals surface area contributed by atoms with Crippen molar-refractivity contribution in [3.63, 3.8) is 0 Å². The van der Waals surface area contributed by atoms with E-state index in [1.165, 1.54) is 6.42 Å². The van der Waals surface area contributed by atoms with Gasteiger partial charge in [-0.3, -0.25) is 4.79 Å². The fraction of sp³-hybridized carbons (Fsp3) is 0.875. The zero-order valence-electron chi connectivity index (χ0n) is 7.03. The number of aliphatic carboxylic acids is 1. The molecule has 4 heteroatoms. The Labute approximate surface area is 78.7 Å². The van der Waals surface area contributed by atoms with Crippen molar-refractivity contribution in [3.05, 3.63) is 0 Å². The van der Waals surface area contributed by atoms with Crippen LogP contribution in [-0.2, 0) is 4.79 Å². The Morgan fingerprint density at radius 1 is 1.50 bits per heavy atom. The van der Waals surface area contributed by atoms with E-state index < -0.39 is 5.97 Å². The second-order valence-electron chi connectivity index (χ2n) is 3.29. The molecule has 0 bridgehead atoms. The van der Waals surface area contributed by atoms with Gasteiger partial charge in [-0.2, -0.15) is 0 Å². The van der Waals surface area contributed by atoms with Gasteiger partial charge < -0.3 is 10.8 Å². The van der Waals surface area contributed by atoms with E-state index in [0.717, 1.165) is 19.3 Å². The minimum atomic E-state index is -0.705. The summed E-state index contributed by atoms with van der Waals surface area (Å²) < 4.78 is 0. The third kappa shape index (κ3) is 3.41. The molecule has 0 aliphatic heterocycles. The Morgan fingerprint density at radius 3 is 2.58 bits per heavy atom. The van der Waals surface area contributed by atoms with E-state index in [2.05, 4.69) is 0 Å². The molecule has 1 saturated carbocycles. The van der Waals surface area contributed by atoms with E-state index in [1.807, 2.05) is 0 Å². The van der Waals surface area contributed by atoms with Gasteiger partial charge in [-0.15, -0.1) is 12.4 Å². The molecule has 0 spiro atoms. The van der Waals surface area contributed by atoms with Gasteiger partial charge >= 0.3 is 5.97 Å². The molecular weight excluding hydrogens is 178 g/mol. The zero-order chi connectivity index (χ0) is 8.27. The van der Waals surface area contributed by atoms with Crippen molar-refractivity contribution in [1.29, 1.82) is 0 Å². The van der Waals surface area contributed by atoms with Crippen molar-refractivity contribution in [1.82, 2.24) is 0 Å². The molecule has 1 aliphatic carbocycles. The van der Waals surface area contributed by atoms with Gasteiger partial charge in [0.25, 0.3) is 0 Å². The number of halogens is 1. The van der Waals surface area contributed by atoms with E-state index >= 15 is 0 Å². The average Bonchev–Trinajstić information content (AvgIpc) is 2.31. The monoisotopic (exact) mass is 193 g/mol. The molecule has 3 nitrogen and oxygen atoms in total. The molecule has 0 aromatic rings. The molecule has 2 unspecified atom stereocenters. The predicted octanol–water partition coefficient (Wildman–Crippen LogP) is 1.40. The van der Waals surface area contributed by atoms with Gasteiger partial charge in [-0.05, 0) is 25.2 Å². The van der Waals surface area contributed by atoms with Crippen LogP contribution in [0, 0.1) is 5.92 Å². The summed E-state index contributed by atoms with van der Waals surface area (Å²) in [7, 11) is 0. The fourth-order valence-corrected chi connectivity index (χ4v) is 1.73. The summed E-state index contributed by atoms with van der Waals surface area (Å²) in [5.41, 5.74) is 5.77. The van der Waals surface area contributed by atoms with Crippen LogP contribution in [-0.4, -0.2) is 17.1 Å². The molecule has 72 valence electrons. The summed E-state index contributed by atoms with van der Waals surface area (Å²) in [6.45, 7) is 0. The molecular formula is C8H16ClNO2. The lowest BCUT2D eigenvalue weighted by Crippen LogP contribution is -2.24. The molecule has 0 saturated heterocycles. The maximum Gasteiger partial charge on any atom is 0.303 e. The van der Waals surface area contributed by atoms with Gasteiger partial charge in [-0.25, -0.2) is 0 Å². The molecule has 1 fully saturated rings. The van der Waals surface area contributed by atoms with Crippen molar-refractivity contribution < 1.29 is 9.90 Å². The maximum absolute atomic E-state index is 10.2. The lowest BCUT2D eigenvalue weighted by atomic mass is 9.98. The van der Waals surface area contributed by atoms with Crippen LogP contribution in [0.2, 0.25) is 0 Å². The number of rotatable bonds is 3. The predicted molar refractivity (Wildman–Crippen MR) is 49.4 cm³/mol. The van der Waals surface area contributed by atoms with Crippen LogP contribution >= 0.6 is 12.4 Å². The van der Waals surface area contributed by atoms with Crippen molar-refractivity contribution in [2.75, 3.05) is 0 Å². The first kappa shape index (κ1) is 11.7. The van der Waals surface area contributed by atoms with Crippen LogP contribution in [0.1, 0.15) is 32.1 Å². The topological polar surface area (TPSA) is 63.3 Å². The van der Waals surface area contributed by atoms with Gasteiger partial charge in [0.05, 0.1) is 0 Å². The Balaban J connectivity index is 0.00000121. The normalized spacial score (nSPS) is 28.1. The molecule has 0 amide bonds. The molecule has 1 rings (SSSR count). The Morgan fingerprint density at radius 2 is 2.17 bits per heavy atom. The van der Waals surface area contributed by atoms with Crippen molar-refractivity contribution in [2.24, 2.45) is 11.7 Å². The highest BCUT2D eigenvalue weighted by Crippen LogP contribution is 2.27. The largest absolute Gasteiger partial charge is 0.481 e. The first-order valence-electron chi connectivity index (χ1n) is 4.17. The summed E-state index contributed by atoms with van der Waals surface area (Å²) in [6, 6.07) is 0.259. The van der Waals surface area contributed by atoms with Crippen LogP contribution in [0.15, 0.2) is 0 Å². The van der Waals surface area contributed by atoms with Gasteiger partial charge in [0.15, 0.2) is 0 Å². The molecule has 0 radical (unpaired) electrons. The first-order valence-corrected chi connectivity index (χ1v) is 4.17. The smallest absolute Gasteiger partial charge is 0.303 e. The number of carbonyl (C=O) groups is 1. The minimum absolute atomic E-state index is 0. The molecule has 1 aliphatic rings. The standard InChI is InChI=1S/C8H15NO2.ClH/c9-7-3-1-2-6(7)4-5-8(10)11;/h6-7H,1-5,9H2,(H,10,11);1H. The molecule has 12 heavy (non-hydrogen) atoms. The number of hydrogen-bond acceptors (Lipinski definition) is 2. The van der Waals surface area contributed by atoms with Crippen LogP contribution in [0.4, 0.5) is 0 Å². The third-order valence-corrected chi connectivity index (χ3v) is 2.45. The van der Waals surface area contributed by atoms with Crippen LogP contribution < -0.4 is 5.73 Å². The molecule has 0 aromatic carbocycles. The van der Waals surface area contributed by atoms with E-state index in [0.29, 0.717) is 5.92 Å². The average molecular weight is 194 g/mol. The highest BCUT2D eigenvalue weighted by molar-refractivity contribution is 5.85.